The molecule has 1 aliphatic rings. The van der Waals surface area contributed by atoms with Gasteiger partial charge in [-0.3, -0.25) is 9.59 Å². The van der Waals surface area contributed by atoms with Gasteiger partial charge in [0.15, 0.2) is 5.78 Å². The van der Waals surface area contributed by atoms with E-state index in [1.54, 1.807) is 6.07 Å². The minimum atomic E-state index is -1.02. The third-order valence-corrected chi connectivity index (χ3v) is 3.45. The van der Waals surface area contributed by atoms with Crippen LogP contribution in [0.25, 0.3) is 0 Å². The van der Waals surface area contributed by atoms with E-state index in [2.05, 4.69) is 5.32 Å². The Morgan fingerprint density at radius 2 is 2.05 bits per heavy atom. The standard InChI is InChI=1S/C13H13Cl2NO3/c14-7-1-4-9(10(15)5-7)13(19)11(6-12(17)18)16-8-2-3-8/h1,4-5,8,11,16H,2-3,6H2,(H,17,18). The number of carboxylic acids is 1. The Balaban J connectivity index is 2.19. The van der Waals surface area contributed by atoms with E-state index in [1.807, 2.05) is 0 Å². The highest BCUT2D eigenvalue weighted by molar-refractivity contribution is 6.37. The molecule has 1 aromatic rings. The molecule has 0 spiro atoms. The third-order valence-electron chi connectivity index (χ3n) is 2.91. The van der Waals surface area contributed by atoms with Crippen LogP contribution in [0.4, 0.5) is 0 Å². The van der Waals surface area contributed by atoms with Crippen molar-refractivity contribution in [3.05, 3.63) is 33.8 Å². The lowest BCUT2D eigenvalue weighted by molar-refractivity contribution is -0.137. The first-order chi connectivity index (χ1) is 8.97. The lowest BCUT2D eigenvalue weighted by Crippen LogP contribution is -2.40. The van der Waals surface area contributed by atoms with Gasteiger partial charge in [-0.15, -0.1) is 0 Å². The van der Waals surface area contributed by atoms with Gasteiger partial charge in [0.1, 0.15) is 0 Å². The molecule has 1 aromatic carbocycles. The van der Waals surface area contributed by atoms with Crippen molar-refractivity contribution >= 4 is 35.0 Å². The molecule has 1 saturated carbocycles. The lowest BCUT2D eigenvalue weighted by Gasteiger charge is -2.16. The molecule has 0 aliphatic heterocycles. The molecule has 1 fully saturated rings. The highest BCUT2D eigenvalue weighted by Gasteiger charge is 2.31. The Bertz CT molecular complexity index is 515. The second kappa shape index (κ2) is 5.90. The smallest absolute Gasteiger partial charge is 0.305 e. The minimum absolute atomic E-state index is 0.236. The summed E-state index contributed by atoms with van der Waals surface area (Å²) in [5.74, 6) is -1.33. The summed E-state index contributed by atoms with van der Waals surface area (Å²) < 4.78 is 0. The number of rotatable bonds is 6. The topological polar surface area (TPSA) is 66.4 Å². The second-order valence-corrected chi connectivity index (χ2v) is 5.42. The molecule has 2 N–H and O–H groups in total. The average Bonchev–Trinajstić information content (AvgIpc) is 3.10. The maximum Gasteiger partial charge on any atom is 0.305 e. The molecule has 0 radical (unpaired) electrons. The number of hydrogen-bond acceptors (Lipinski definition) is 3. The molecule has 1 aliphatic carbocycles. The normalized spacial score (nSPS) is 16.1. The number of hydrogen-bond donors (Lipinski definition) is 2. The maximum absolute atomic E-state index is 12.3. The van der Waals surface area contributed by atoms with Gasteiger partial charge >= 0.3 is 5.97 Å². The molecule has 1 unspecified atom stereocenters. The second-order valence-electron chi connectivity index (χ2n) is 4.58. The summed E-state index contributed by atoms with van der Waals surface area (Å²) in [6.07, 6.45) is 1.68. The first kappa shape index (κ1) is 14.3. The molecule has 2 rings (SSSR count). The van der Waals surface area contributed by atoms with E-state index < -0.39 is 12.0 Å². The van der Waals surface area contributed by atoms with Gasteiger partial charge in [0.05, 0.1) is 17.5 Å². The minimum Gasteiger partial charge on any atom is -0.481 e. The van der Waals surface area contributed by atoms with Crippen LogP contribution in [0.1, 0.15) is 29.6 Å². The van der Waals surface area contributed by atoms with Crippen molar-refractivity contribution in [3.63, 3.8) is 0 Å². The van der Waals surface area contributed by atoms with Gasteiger partial charge in [0.25, 0.3) is 0 Å². The van der Waals surface area contributed by atoms with Gasteiger partial charge < -0.3 is 10.4 Å². The van der Waals surface area contributed by atoms with Gasteiger partial charge in [-0.2, -0.15) is 0 Å². The van der Waals surface area contributed by atoms with Gasteiger partial charge in [-0.25, -0.2) is 0 Å². The molecular weight excluding hydrogens is 289 g/mol. The van der Waals surface area contributed by atoms with E-state index in [-0.39, 0.29) is 23.3 Å². The molecule has 0 saturated heterocycles. The number of carboxylic acid groups (broad SMARTS) is 1. The van der Waals surface area contributed by atoms with Crippen molar-refractivity contribution in [1.29, 1.82) is 0 Å². The molecule has 102 valence electrons. The van der Waals surface area contributed by atoms with Crippen molar-refractivity contribution < 1.29 is 14.7 Å². The summed E-state index contributed by atoms with van der Waals surface area (Å²) in [6, 6.07) is 4.06. The van der Waals surface area contributed by atoms with E-state index in [9.17, 15) is 9.59 Å². The van der Waals surface area contributed by atoms with Gasteiger partial charge in [0.2, 0.25) is 0 Å². The lowest BCUT2D eigenvalue weighted by atomic mass is 10.0. The van der Waals surface area contributed by atoms with Crippen LogP contribution >= 0.6 is 23.2 Å². The van der Waals surface area contributed by atoms with E-state index in [4.69, 9.17) is 28.3 Å². The van der Waals surface area contributed by atoms with Gasteiger partial charge in [0, 0.05) is 16.6 Å². The number of carbonyl (C=O) groups excluding carboxylic acids is 1. The summed E-state index contributed by atoms with van der Waals surface area (Å²) in [5, 5.41) is 12.6. The van der Waals surface area contributed by atoms with Crippen LogP contribution in [-0.2, 0) is 4.79 Å². The van der Waals surface area contributed by atoms with Crippen molar-refractivity contribution in [2.24, 2.45) is 0 Å². The number of benzene rings is 1. The van der Waals surface area contributed by atoms with Crippen molar-refractivity contribution in [1.82, 2.24) is 5.32 Å². The Morgan fingerprint density at radius 3 is 2.58 bits per heavy atom. The first-order valence-corrected chi connectivity index (χ1v) is 6.70. The summed E-state index contributed by atoms with van der Waals surface area (Å²) >= 11 is 11.8. The molecule has 0 bridgehead atoms. The van der Waals surface area contributed by atoms with Crippen LogP contribution in [0.2, 0.25) is 10.0 Å². The quantitative estimate of drug-likeness (QED) is 0.793. The molecule has 0 heterocycles. The van der Waals surface area contributed by atoms with Crippen LogP contribution in [-0.4, -0.2) is 28.9 Å². The number of halogens is 2. The van der Waals surface area contributed by atoms with Crippen LogP contribution in [0, 0.1) is 0 Å². The summed E-state index contributed by atoms with van der Waals surface area (Å²) in [7, 11) is 0. The molecule has 0 amide bonds. The molecule has 1 atom stereocenters. The fourth-order valence-electron chi connectivity index (χ4n) is 1.81. The highest BCUT2D eigenvalue weighted by Crippen LogP contribution is 2.25. The monoisotopic (exact) mass is 301 g/mol. The molecule has 0 aromatic heterocycles. The predicted molar refractivity (Wildman–Crippen MR) is 73.0 cm³/mol. The van der Waals surface area contributed by atoms with Gasteiger partial charge in [-0.1, -0.05) is 23.2 Å². The van der Waals surface area contributed by atoms with E-state index in [0.717, 1.165) is 12.8 Å². The van der Waals surface area contributed by atoms with Crippen molar-refractivity contribution in [2.75, 3.05) is 0 Å². The van der Waals surface area contributed by atoms with Crippen LogP contribution < -0.4 is 5.32 Å². The number of ketones is 1. The summed E-state index contributed by atoms with van der Waals surface area (Å²) in [5.41, 5.74) is 0.297. The maximum atomic E-state index is 12.3. The predicted octanol–water partition coefficient (Wildman–Crippen LogP) is 2.77. The van der Waals surface area contributed by atoms with Crippen LogP contribution in [0.5, 0.6) is 0 Å². The Hall–Kier alpha value is -1.10. The Labute approximate surface area is 120 Å². The fraction of sp³-hybridized carbons (Fsp3) is 0.385. The number of carbonyl (C=O) groups is 2. The molecular formula is C13H13Cl2NO3. The van der Waals surface area contributed by atoms with Crippen molar-refractivity contribution in [2.45, 2.75) is 31.3 Å². The van der Waals surface area contributed by atoms with Gasteiger partial charge in [-0.05, 0) is 31.0 Å². The zero-order valence-electron chi connectivity index (χ0n) is 10.0. The zero-order valence-corrected chi connectivity index (χ0v) is 11.5. The van der Waals surface area contributed by atoms with Crippen LogP contribution in [0.15, 0.2) is 18.2 Å². The van der Waals surface area contributed by atoms with E-state index in [1.165, 1.54) is 12.1 Å². The number of aliphatic carboxylic acids is 1. The average molecular weight is 302 g/mol. The fourth-order valence-corrected chi connectivity index (χ4v) is 2.32. The van der Waals surface area contributed by atoms with E-state index in [0.29, 0.717) is 10.6 Å². The Morgan fingerprint density at radius 1 is 1.37 bits per heavy atom. The first-order valence-electron chi connectivity index (χ1n) is 5.94. The highest BCUT2D eigenvalue weighted by atomic mass is 35.5. The largest absolute Gasteiger partial charge is 0.481 e. The number of Topliss-reactive ketones (excluding diaryl/α,β-unsaturated/α-hetero) is 1. The third kappa shape index (κ3) is 3.93. The van der Waals surface area contributed by atoms with E-state index >= 15 is 0 Å². The molecule has 6 heteroatoms. The van der Waals surface area contributed by atoms with Crippen LogP contribution in [0.3, 0.4) is 0 Å². The molecule has 19 heavy (non-hydrogen) atoms. The summed E-state index contributed by atoms with van der Waals surface area (Å²) in [6.45, 7) is 0. The Kier molecular flexibility index (Phi) is 4.45. The number of nitrogens with one attached hydrogen (secondary N) is 1. The SMILES string of the molecule is O=C(O)CC(NC1CC1)C(=O)c1ccc(Cl)cc1Cl. The zero-order chi connectivity index (χ0) is 14.0. The summed E-state index contributed by atoms with van der Waals surface area (Å²) in [4.78, 5) is 23.2. The molecule has 4 nitrogen and oxygen atoms in total. The van der Waals surface area contributed by atoms with Crippen molar-refractivity contribution in [3.8, 4) is 0 Å².